The smallest absolute Gasteiger partial charge is 0.318 e. The first kappa shape index (κ1) is 12.3. The number of ether oxygens (including phenoxy) is 1. The Morgan fingerprint density at radius 3 is 2.41 bits per heavy atom. The minimum Gasteiger partial charge on any atom is -0.468 e. The van der Waals surface area contributed by atoms with Crippen LogP contribution >= 0.6 is 11.6 Å². The van der Waals surface area contributed by atoms with Crippen molar-refractivity contribution in [3.8, 4) is 0 Å². The highest BCUT2D eigenvalue weighted by Crippen LogP contribution is 2.56. The molecule has 0 amide bonds. The van der Waals surface area contributed by atoms with Crippen molar-refractivity contribution >= 4 is 17.6 Å². The van der Waals surface area contributed by atoms with Crippen molar-refractivity contribution < 1.29 is 9.53 Å². The van der Waals surface area contributed by atoms with Crippen LogP contribution in [0.15, 0.2) is 12.4 Å². The van der Waals surface area contributed by atoms with E-state index in [1.807, 2.05) is 0 Å². The third-order valence-corrected chi connectivity index (χ3v) is 3.52. The van der Waals surface area contributed by atoms with Crippen LogP contribution in [0.3, 0.4) is 0 Å². The molecular formula is C12H15ClN2O2. The van der Waals surface area contributed by atoms with Gasteiger partial charge in [0, 0.05) is 12.4 Å². The lowest BCUT2D eigenvalue weighted by molar-refractivity contribution is -0.157. The number of carbonyl (C=O) groups excluding carboxylic acids is 1. The molecule has 92 valence electrons. The molecule has 1 fully saturated rings. The molecular weight excluding hydrogens is 240 g/mol. The highest BCUT2D eigenvalue weighted by Gasteiger charge is 2.58. The maximum absolute atomic E-state index is 12.0. The summed E-state index contributed by atoms with van der Waals surface area (Å²) >= 11 is 6.03. The fourth-order valence-corrected chi connectivity index (χ4v) is 3.11. The molecule has 1 aromatic rings. The molecule has 0 saturated heterocycles. The summed E-state index contributed by atoms with van der Waals surface area (Å²) in [7, 11) is 1.39. The number of nitrogens with zero attached hydrogens (tertiary/aromatic N) is 2. The quantitative estimate of drug-likeness (QED) is 0.761. The zero-order valence-corrected chi connectivity index (χ0v) is 10.9. The summed E-state index contributed by atoms with van der Waals surface area (Å²) in [6, 6.07) is 0. The molecule has 2 rings (SSSR count). The minimum atomic E-state index is -0.719. The standard InChI is InChI=1S/C12H15ClN2O2/c1-11(2)6-12(7-11,10(16)17-3)8-9(13)15-5-4-14-8/h4-5H,6-7H2,1-3H3. The van der Waals surface area contributed by atoms with Crippen LogP contribution in [0, 0.1) is 5.41 Å². The molecule has 0 aliphatic heterocycles. The first-order chi connectivity index (χ1) is 7.91. The molecule has 17 heavy (non-hydrogen) atoms. The van der Waals surface area contributed by atoms with Crippen molar-refractivity contribution in [3.05, 3.63) is 23.2 Å². The van der Waals surface area contributed by atoms with Gasteiger partial charge in [-0.1, -0.05) is 25.4 Å². The van der Waals surface area contributed by atoms with Crippen LogP contribution in [0.4, 0.5) is 0 Å². The summed E-state index contributed by atoms with van der Waals surface area (Å²) in [6.07, 6.45) is 4.44. The molecule has 1 aliphatic carbocycles. The second-order valence-electron chi connectivity index (χ2n) is 5.29. The van der Waals surface area contributed by atoms with Crippen molar-refractivity contribution in [2.75, 3.05) is 7.11 Å². The van der Waals surface area contributed by atoms with Crippen LogP contribution in [0.25, 0.3) is 0 Å². The van der Waals surface area contributed by atoms with Gasteiger partial charge in [0.25, 0.3) is 0 Å². The number of hydrogen-bond donors (Lipinski definition) is 0. The highest BCUT2D eigenvalue weighted by molar-refractivity contribution is 6.30. The van der Waals surface area contributed by atoms with E-state index in [-0.39, 0.29) is 16.5 Å². The Hall–Kier alpha value is -1.16. The zero-order valence-electron chi connectivity index (χ0n) is 10.2. The van der Waals surface area contributed by atoms with E-state index in [1.54, 1.807) is 6.20 Å². The molecule has 1 aliphatic rings. The van der Waals surface area contributed by atoms with Gasteiger partial charge in [0.1, 0.15) is 5.41 Å². The lowest BCUT2D eigenvalue weighted by Crippen LogP contribution is -2.53. The predicted octanol–water partition coefficient (Wildman–Crippen LogP) is 2.36. The fourth-order valence-electron chi connectivity index (χ4n) is 2.83. The number of esters is 1. The van der Waals surface area contributed by atoms with Gasteiger partial charge in [-0.2, -0.15) is 0 Å². The van der Waals surface area contributed by atoms with Crippen LogP contribution in [0.2, 0.25) is 5.15 Å². The summed E-state index contributed by atoms with van der Waals surface area (Å²) in [5.74, 6) is -0.278. The molecule has 0 N–H and O–H groups in total. The van der Waals surface area contributed by atoms with Gasteiger partial charge in [-0.25, -0.2) is 4.98 Å². The normalized spacial score (nSPS) is 20.5. The average molecular weight is 255 g/mol. The van der Waals surface area contributed by atoms with E-state index in [0.29, 0.717) is 18.5 Å². The zero-order chi connectivity index (χ0) is 12.7. The van der Waals surface area contributed by atoms with Gasteiger partial charge < -0.3 is 4.74 Å². The molecule has 5 heteroatoms. The summed E-state index contributed by atoms with van der Waals surface area (Å²) in [4.78, 5) is 20.2. The van der Waals surface area contributed by atoms with Crippen LogP contribution in [0.1, 0.15) is 32.4 Å². The van der Waals surface area contributed by atoms with Gasteiger partial charge in [0.2, 0.25) is 0 Å². The Balaban J connectivity index is 2.44. The highest BCUT2D eigenvalue weighted by atomic mass is 35.5. The van der Waals surface area contributed by atoms with Crippen molar-refractivity contribution in [1.29, 1.82) is 0 Å². The summed E-state index contributed by atoms with van der Waals surface area (Å²) < 4.78 is 4.89. The Labute approximate surface area is 105 Å². The second kappa shape index (κ2) is 3.95. The molecule has 1 saturated carbocycles. The number of carbonyl (C=O) groups is 1. The summed E-state index contributed by atoms with van der Waals surface area (Å²) in [6.45, 7) is 4.22. The number of hydrogen-bond acceptors (Lipinski definition) is 4. The van der Waals surface area contributed by atoms with Crippen LogP contribution in [0.5, 0.6) is 0 Å². The van der Waals surface area contributed by atoms with Crippen molar-refractivity contribution in [2.24, 2.45) is 5.41 Å². The predicted molar refractivity (Wildman–Crippen MR) is 63.8 cm³/mol. The van der Waals surface area contributed by atoms with Crippen LogP contribution < -0.4 is 0 Å². The Kier molecular flexibility index (Phi) is 2.86. The van der Waals surface area contributed by atoms with Crippen molar-refractivity contribution in [2.45, 2.75) is 32.1 Å². The first-order valence-corrected chi connectivity index (χ1v) is 5.84. The summed E-state index contributed by atoms with van der Waals surface area (Å²) in [5, 5.41) is 0.286. The average Bonchev–Trinajstić information content (AvgIpc) is 2.25. The Morgan fingerprint density at radius 2 is 1.94 bits per heavy atom. The van der Waals surface area contributed by atoms with Gasteiger partial charge in [0.05, 0.1) is 12.8 Å². The maximum atomic E-state index is 12.0. The van der Waals surface area contributed by atoms with Crippen molar-refractivity contribution in [3.63, 3.8) is 0 Å². The van der Waals surface area contributed by atoms with Crippen LogP contribution in [-0.4, -0.2) is 23.0 Å². The Morgan fingerprint density at radius 1 is 1.35 bits per heavy atom. The van der Waals surface area contributed by atoms with E-state index in [1.165, 1.54) is 13.3 Å². The van der Waals surface area contributed by atoms with E-state index < -0.39 is 5.41 Å². The lowest BCUT2D eigenvalue weighted by atomic mass is 9.53. The van der Waals surface area contributed by atoms with E-state index >= 15 is 0 Å². The van der Waals surface area contributed by atoms with E-state index in [9.17, 15) is 4.79 Å². The molecule has 1 heterocycles. The molecule has 0 bridgehead atoms. The lowest BCUT2D eigenvalue weighted by Gasteiger charge is -2.50. The first-order valence-electron chi connectivity index (χ1n) is 5.47. The third kappa shape index (κ3) is 1.90. The monoisotopic (exact) mass is 254 g/mol. The molecule has 0 unspecified atom stereocenters. The van der Waals surface area contributed by atoms with E-state index in [0.717, 1.165) is 0 Å². The van der Waals surface area contributed by atoms with E-state index in [2.05, 4.69) is 23.8 Å². The fraction of sp³-hybridized carbons (Fsp3) is 0.583. The van der Waals surface area contributed by atoms with E-state index in [4.69, 9.17) is 16.3 Å². The largest absolute Gasteiger partial charge is 0.468 e. The number of rotatable bonds is 2. The SMILES string of the molecule is COC(=O)C1(c2nccnc2Cl)CC(C)(C)C1. The molecule has 0 aromatic carbocycles. The van der Waals surface area contributed by atoms with Gasteiger partial charge in [-0.15, -0.1) is 0 Å². The molecule has 0 radical (unpaired) electrons. The maximum Gasteiger partial charge on any atom is 0.318 e. The molecule has 1 aromatic heterocycles. The van der Waals surface area contributed by atoms with Gasteiger partial charge in [-0.3, -0.25) is 9.78 Å². The number of aromatic nitrogens is 2. The molecule has 0 spiro atoms. The second-order valence-corrected chi connectivity index (χ2v) is 5.65. The molecule has 0 atom stereocenters. The van der Waals surface area contributed by atoms with Gasteiger partial charge in [0.15, 0.2) is 5.15 Å². The summed E-state index contributed by atoms with van der Waals surface area (Å²) in [5.41, 5.74) is -0.0774. The molecule has 4 nitrogen and oxygen atoms in total. The van der Waals surface area contributed by atoms with Crippen LogP contribution in [-0.2, 0) is 14.9 Å². The Bertz CT molecular complexity index is 452. The minimum absolute atomic E-state index is 0.106. The topological polar surface area (TPSA) is 52.1 Å². The van der Waals surface area contributed by atoms with Gasteiger partial charge in [-0.05, 0) is 18.3 Å². The van der Waals surface area contributed by atoms with Crippen molar-refractivity contribution in [1.82, 2.24) is 9.97 Å². The number of methoxy groups -OCH3 is 1. The van der Waals surface area contributed by atoms with Gasteiger partial charge >= 0.3 is 5.97 Å². The third-order valence-electron chi connectivity index (χ3n) is 3.24. The number of halogens is 1.